The zero-order chi connectivity index (χ0) is 16.2. The number of nitrogens with zero attached hydrogens (tertiary/aromatic N) is 1. The van der Waals surface area contributed by atoms with E-state index in [2.05, 4.69) is 44.9 Å². The molecule has 1 saturated heterocycles. The maximum absolute atomic E-state index is 12.4. The summed E-state index contributed by atoms with van der Waals surface area (Å²) < 4.78 is 1.01. The van der Waals surface area contributed by atoms with Crippen molar-refractivity contribution in [3.05, 3.63) is 57.2 Å². The summed E-state index contributed by atoms with van der Waals surface area (Å²) in [6.45, 7) is 4.28. The van der Waals surface area contributed by atoms with Crippen LogP contribution >= 0.6 is 22.6 Å². The average Bonchev–Trinajstić information content (AvgIpc) is 2.59. The summed E-state index contributed by atoms with van der Waals surface area (Å²) in [6, 6.07) is 14.0. The van der Waals surface area contributed by atoms with E-state index in [-0.39, 0.29) is 5.91 Å². The molecule has 0 aromatic heterocycles. The number of benzene rings is 2. The van der Waals surface area contributed by atoms with E-state index in [9.17, 15) is 4.79 Å². The second-order valence-corrected chi connectivity index (χ2v) is 7.06. The van der Waals surface area contributed by atoms with Gasteiger partial charge in [-0.2, -0.15) is 0 Å². The number of aryl methyl sites for hydroxylation is 1. The van der Waals surface area contributed by atoms with Gasteiger partial charge in [0.05, 0.1) is 5.56 Å². The van der Waals surface area contributed by atoms with Gasteiger partial charge in [0.1, 0.15) is 0 Å². The lowest BCUT2D eigenvalue weighted by molar-refractivity contribution is 0.102. The number of hydrogen-bond acceptors (Lipinski definition) is 2. The lowest BCUT2D eigenvalue weighted by Gasteiger charge is -2.28. The Bertz CT molecular complexity index is 691. The molecule has 4 heteroatoms. The van der Waals surface area contributed by atoms with Crippen molar-refractivity contribution in [2.45, 2.75) is 26.2 Å². The first-order valence-electron chi connectivity index (χ1n) is 8.06. The van der Waals surface area contributed by atoms with Crippen molar-refractivity contribution in [1.82, 2.24) is 0 Å². The highest BCUT2D eigenvalue weighted by atomic mass is 127. The number of anilines is 2. The van der Waals surface area contributed by atoms with E-state index in [0.29, 0.717) is 0 Å². The van der Waals surface area contributed by atoms with Gasteiger partial charge in [-0.05, 0) is 84.7 Å². The van der Waals surface area contributed by atoms with Crippen molar-refractivity contribution >= 4 is 39.9 Å². The number of nitrogens with one attached hydrogen (secondary N) is 1. The van der Waals surface area contributed by atoms with Gasteiger partial charge in [0.25, 0.3) is 5.91 Å². The summed E-state index contributed by atoms with van der Waals surface area (Å²) in [7, 11) is 0. The van der Waals surface area contributed by atoms with E-state index < -0.39 is 0 Å². The van der Waals surface area contributed by atoms with Crippen LogP contribution in [-0.2, 0) is 0 Å². The minimum absolute atomic E-state index is 0.0520. The number of carbonyl (C=O) groups is 1. The molecule has 0 atom stereocenters. The summed E-state index contributed by atoms with van der Waals surface area (Å²) in [5.74, 6) is -0.0520. The van der Waals surface area contributed by atoms with Crippen LogP contribution in [0.15, 0.2) is 42.5 Å². The standard InChI is InChI=1S/C19H21IN2O/c1-14-6-5-7-17(18(14)20)19(23)21-15-8-10-16(11-9-15)22-12-3-2-4-13-22/h5-11H,2-4,12-13H2,1H3,(H,21,23). The van der Waals surface area contributed by atoms with Crippen LogP contribution in [0.5, 0.6) is 0 Å². The third-order valence-electron chi connectivity index (χ3n) is 4.28. The number of rotatable bonds is 3. The molecule has 120 valence electrons. The van der Waals surface area contributed by atoms with Crippen molar-refractivity contribution in [1.29, 1.82) is 0 Å². The molecule has 3 rings (SSSR count). The second-order valence-electron chi connectivity index (χ2n) is 5.99. The minimum Gasteiger partial charge on any atom is -0.372 e. The smallest absolute Gasteiger partial charge is 0.256 e. The van der Waals surface area contributed by atoms with Gasteiger partial charge in [-0.3, -0.25) is 4.79 Å². The molecular formula is C19H21IN2O. The molecule has 1 heterocycles. The molecule has 0 saturated carbocycles. The van der Waals surface area contributed by atoms with Crippen LogP contribution in [0.25, 0.3) is 0 Å². The molecule has 2 aromatic rings. The van der Waals surface area contributed by atoms with E-state index in [1.165, 1.54) is 24.9 Å². The Morgan fingerprint density at radius 2 is 1.74 bits per heavy atom. The minimum atomic E-state index is -0.0520. The summed E-state index contributed by atoms with van der Waals surface area (Å²) in [6.07, 6.45) is 3.87. The van der Waals surface area contributed by atoms with E-state index in [1.807, 2.05) is 37.3 Å². The molecule has 0 unspecified atom stereocenters. The van der Waals surface area contributed by atoms with Crippen LogP contribution in [0.4, 0.5) is 11.4 Å². The number of hydrogen-bond donors (Lipinski definition) is 1. The highest BCUT2D eigenvalue weighted by Crippen LogP contribution is 2.23. The summed E-state index contributed by atoms with van der Waals surface area (Å²) in [5, 5.41) is 2.99. The first-order valence-corrected chi connectivity index (χ1v) is 9.14. The maximum Gasteiger partial charge on any atom is 0.256 e. The molecule has 0 radical (unpaired) electrons. The van der Waals surface area contributed by atoms with Gasteiger partial charge in [0.2, 0.25) is 0 Å². The zero-order valence-corrected chi connectivity index (χ0v) is 15.5. The Labute approximate surface area is 151 Å². The van der Waals surface area contributed by atoms with E-state index in [1.54, 1.807) is 0 Å². The molecule has 1 N–H and O–H groups in total. The van der Waals surface area contributed by atoms with E-state index in [0.717, 1.165) is 33.5 Å². The van der Waals surface area contributed by atoms with Crippen molar-refractivity contribution in [2.24, 2.45) is 0 Å². The van der Waals surface area contributed by atoms with Crippen LogP contribution in [0.3, 0.4) is 0 Å². The summed E-state index contributed by atoms with van der Waals surface area (Å²) in [5.41, 5.74) is 3.94. The van der Waals surface area contributed by atoms with Crippen molar-refractivity contribution in [3.63, 3.8) is 0 Å². The fraction of sp³-hybridized carbons (Fsp3) is 0.316. The van der Waals surface area contributed by atoms with Gasteiger partial charge in [0.15, 0.2) is 0 Å². The second kappa shape index (κ2) is 7.34. The molecule has 0 bridgehead atoms. The quantitative estimate of drug-likeness (QED) is 0.721. The molecule has 3 nitrogen and oxygen atoms in total. The van der Waals surface area contributed by atoms with Crippen LogP contribution < -0.4 is 10.2 Å². The monoisotopic (exact) mass is 420 g/mol. The van der Waals surface area contributed by atoms with Crippen LogP contribution in [0, 0.1) is 10.5 Å². The summed E-state index contributed by atoms with van der Waals surface area (Å²) >= 11 is 2.23. The van der Waals surface area contributed by atoms with Crippen molar-refractivity contribution < 1.29 is 4.79 Å². The highest BCUT2D eigenvalue weighted by Gasteiger charge is 2.13. The zero-order valence-electron chi connectivity index (χ0n) is 13.3. The predicted molar refractivity (Wildman–Crippen MR) is 104 cm³/mol. The number of piperidine rings is 1. The molecule has 1 fully saturated rings. The van der Waals surface area contributed by atoms with Gasteiger partial charge in [-0.15, -0.1) is 0 Å². The number of amides is 1. The first-order chi connectivity index (χ1) is 11.1. The Morgan fingerprint density at radius 1 is 1.04 bits per heavy atom. The Kier molecular flexibility index (Phi) is 5.20. The Morgan fingerprint density at radius 3 is 2.43 bits per heavy atom. The Hall–Kier alpha value is -1.56. The summed E-state index contributed by atoms with van der Waals surface area (Å²) in [4.78, 5) is 14.9. The van der Waals surface area contributed by atoms with Gasteiger partial charge < -0.3 is 10.2 Å². The molecule has 0 spiro atoms. The van der Waals surface area contributed by atoms with Crippen molar-refractivity contribution in [2.75, 3.05) is 23.3 Å². The largest absolute Gasteiger partial charge is 0.372 e. The molecule has 1 aliphatic rings. The highest BCUT2D eigenvalue weighted by molar-refractivity contribution is 14.1. The predicted octanol–water partition coefficient (Wildman–Crippen LogP) is 4.84. The molecule has 0 aliphatic carbocycles. The van der Waals surface area contributed by atoms with Crippen LogP contribution in [-0.4, -0.2) is 19.0 Å². The fourth-order valence-electron chi connectivity index (χ4n) is 2.93. The first kappa shape index (κ1) is 16.3. The number of halogens is 1. The van der Waals surface area contributed by atoms with E-state index >= 15 is 0 Å². The SMILES string of the molecule is Cc1cccc(C(=O)Nc2ccc(N3CCCCC3)cc2)c1I. The number of carbonyl (C=O) groups excluding carboxylic acids is 1. The topological polar surface area (TPSA) is 32.3 Å². The lowest BCUT2D eigenvalue weighted by Crippen LogP contribution is -2.29. The normalized spacial score (nSPS) is 14.6. The Balaban J connectivity index is 1.70. The third kappa shape index (κ3) is 3.86. The molecule has 2 aromatic carbocycles. The third-order valence-corrected chi connectivity index (χ3v) is 5.71. The van der Waals surface area contributed by atoms with E-state index in [4.69, 9.17) is 0 Å². The average molecular weight is 420 g/mol. The van der Waals surface area contributed by atoms with Gasteiger partial charge >= 0.3 is 0 Å². The van der Waals surface area contributed by atoms with Crippen LogP contribution in [0.1, 0.15) is 35.2 Å². The molecular weight excluding hydrogens is 399 g/mol. The van der Waals surface area contributed by atoms with Gasteiger partial charge in [-0.1, -0.05) is 12.1 Å². The van der Waals surface area contributed by atoms with Crippen LogP contribution in [0.2, 0.25) is 0 Å². The molecule has 1 aliphatic heterocycles. The lowest BCUT2D eigenvalue weighted by atomic mass is 10.1. The van der Waals surface area contributed by atoms with Gasteiger partial charge in [-0.25, -0.2) is 0 Å². The molecule has 23 heavy (non-hydrogen) atoms. The van der Waals surface area contributed by atoms with Gasteiger partial charge in [0, 0.05) is 28.0 Å². The molecule has 1 amide bonds. The van der Waals surface area contributed by atoms with Crippen molar-refractivity contribution in [3.8, 4) is 0 Å². The maximum atomic E-state index is 12.4. The fourth-order valence-corrected chi connectivity index (χ4v) is 3.53.